The number of thiophene rings is 1. The third kappa shape index (κ3) is 5.24. The van der Waals surface area contributed by atoms with E-state index in [1.54, 1.807) is 24.3 Å². The summed E-state index contributed by atoms with van der Waals surface area (Å²) in [5, 5.41) is -0.944. The molecular formula is C50H33NS. The van der Waals surface area contributed by atoms with Gasteiger partial charge in [0.15, 0.2) is 0 Å². The Balaban J connectivity index is 1.38. The summed E-state index contributed by atoms with van der Waals surface area (Å²) in [5.41, 5.74) is -6.21. The summed E-state index contributed by atoms with van der Waals surface area (Å²) in [6.45, 7) is 0. The standard InChI is InChI=1S/C50H33NS/c1-3-17-42-34(11-1)13-8-20-44(42)36-25-29-39(30-26-36)51(40-31-27-37(28-32-40)45-21-9-14-35-12-2-4-18-43(35)45)41-16-7-15-38(33-41)46-22-10-23-48-47-19-5-6-24-49(47)52-50(46)48/h1-33H/i1D,2D,3D,4D,7D,8D,9D,11D,12D,13D,14D,15D,16D,17D,18D,20D,21D,25D,26D,27D,28D,29D,30D,31D,32D,33D. The highest BCUT2D eigenvalue weighted by atomic mass is 32.1. The van der Waals surface area contributed by atoms with E-state index in [1.807, 2.05) is 12.1 Å². The monoisotopic (exact) mass is 705 g/mol. The molecule has 9 aromatic carbocycles. The van der Waals surface area contributed by atoms with E-state index >= 15 is 0 Å². The van der Waals surface area contributed by atoms with Gasteiger partial charge in [0.25, 0.3) is 0 Å². The van der Waals surface area contributed by atoms with E-state index in [9.17, 15) is 16.4 Å². The quantitative estimate of drug-likeness (QED) is 0.166. The van der Waals surface area contributed by atoms with Gasteiger partial charge in [-0.15, -0.1) is 11.3 Å². The molecule has 0 spiro atoms. The van der Waals surface area contributed by atoms with Crippen molar-refractivity contribution in [3.05, 3.63) is 200 Å². The van der Waals surface area contributed by atoms with Crippen LogP contribution in [-0.2, 0) is 0 Å². The van der Waals surface area contributed by atoms with Gasteiger partial charge in [-0.3, -0.25) is 0 Å². The summed E-state index contributed by atoms with van der Waals surface area (Å²) in [6, 6.07) is -12.4. The Kier molecular flexibility index (Phi) is 3.40. The third-order valence-corrected chi connectivity index (χ3v) is 9.52. The first kappa shape index (κ1) is 13.9. The predicted molar refractivity (Wildman–Crippen MR) is 225 cm³/mol. The molecule has 1 aromatic heterocycles. The van der Waals surface area contributed by atoms with Crippen LogP contribution in [0.5, 0.6) is 0 Å². The predicted octanol–water partition coefficient (Wildman–Crippen LogP) is 14.8. The van der Waals surface area contributed by atoms with Crippen molar-refractivity contribution in [3.8, 4) is 33.4 Å². The van der Waals surface area contributed by atoms with Gasteiger partial charge in [0.05, 0.1) is 35.6 Å². The molecule has 1 nitrogen and oxygen atoms in total. The lowest BCUT2D eigenvalue weighted by atomic mass is 9.97. The average molecular weight is 706 g/mol. The molecule has 0 aliphatic heterocycles. The van der Waals surface area contributed by atoms with Crippen LogP contribution >= 0.6 is 11.3 Å². The SMILES string of the molecule is [2H]c1c([2H])c(-c2cccc3c2sc2ccccc23)c([2H])c(N(c2c([2H])c([2H])c(-c3c([2H])c([2H])c([2H])c4c([2H])c([2H])c([2H])c([2H])c34)c([2H])c2[2H])c2c([2H])c([2H])c(-c3c([2H])c([2H])c([2H])c4c([2H])c([2H])c([2H])c([2H])c34)c([2H])c2[2H])c1[2H]. The molecule has 0 saturated carbocycles. The van der Waals surface area contributed by atoms with Gasteiger partial charge in [0, 0.05) is 37.2 Å². The number of fused-ring (bicyclic) bond motifs is 5. The maximum atomic E-state index is 9.97. The van der Waals surface area contributed by atoms with Crippen LogP contribution in [0, 0.1) is 0 Å². The van der Waals surface area contributed by atoms with Crippen molar-refractivity contribution < 1.29 is 35.6 Å². The highest BCUT2D eigenvalue weighted by Gasteiger charge is 2.17. The highest BCUT2D eigenvalue weighted by Crippen LogP contribution is 2.43. The molecule has 10 aromatic rings. The Bertz CT molecular complexity index is 4150. The Labute approximate surface area is 343 Å². The highest BCUT2D eigenvalue weighted by molar-refractivity contribution is 7.26. The van der Waals surface area contributed by atoms with Crippen molar-refractivity contribution >= 4 is 70.1 Å². The van der Waals surface area contributed by atoms with Crippen LogP contribution in [0.3, 0.4) is 0 Å². The Morgan fingerprint density at radius 2 is 0.942 bits per heavy atom. The summed E-state index contributed by atoms with van der Waals surface area (Å²) in [5.74, 6) is 0. The van der Waals surface area contributed by atoms with E-state index in [1.165, 1.54) is 17.4 Å². The van der Waals surface area contributed by atoms with Crippen LogP contribution < -0.4 is 4.90 Å². The molecule has 0 unspecified atom stereocenters. The lowest BCUT2D eigenvalue weighted by Crippen LogP contribution is -2.10. The molecule has 0 aliphatic rings. The molecule has 0 atom stereocenters. The van der Waals surface area contributed by atoms with Crippen molar-refractivity contribution in [3.63, 3.8) is 0 Å². The molecule has 0 aliphatic carbocycles. The number of benzene rings is 9. The number of hydrogen-bond donors (Lipinski definition) is 0. The van der Waals surface area contributed by atoms with Gasteiger partial charge in [-0.1, -0.05) is 157 Å². The van der Waals surface area contributed by atoms with E-state index in [-0.39, 0.29) is 11.1 Å². The van der Waals surface area contributed by atoms with Crippen molar-refractivity contribution in [1.82, 2.24) is 0 Å². The molecule has 244 valence electrons. The van der Waals surface area contributed by atoms with E-state index in [2.05, 4.69) is 0 Å². The fraction of sp³-hybridized carbons (Fsp3) is 0. The molecule has 2 heteroatoms. The molecule has 0 bridgehead atoms. The number of hydrogen-bond acceptors (Lipinski definition) is 2. The molecule has 10 rings (SSSR count). The van der Waals surface area contributed by atoms with Crippen molar-refractivity contribution in [2.45, 2.75) is 0 Å². The maximum Gasteiger partial charge on any atom is 0.0651 e. The zero-order valence-electron chi connectivity index (χ0n) is 52.4. The second-order valence-corrected chi connectivity index (χ2v) is 12.3. The van der Waals surface area contributed by atoms with Crippen LogP contribution in [0.4, 0.5) is 17.1 Å². The van der Waals surface area contributed by atoms with Gasteiger partial charge in [0.2, 0.25) is 0 Å². The van der Waals surface area contributed by atoms with Gasteiger partial charge in [-0.25, -0.2) is 0 Å². The zero-order chi connectivity index (χ0) is 57.1. The van der Waals surface area contributed by atoms with E-state index in [0.717, 1.165) is 10.1 Å². The lowest BCUT2D eigenvalue weighted by Gasteiger charge is -2.26. The number of anilines is 3. The topological polar surface area (TPSA) is 3.24 Å². The van der Waals surface area contributed by atoms with Gasteiger partial charge >= 0.3 is 0 Å². The second kappa shape index (κ2) is 12.7. The van der Waals surface area contributed by atoms with Crippen LogP contribution in [0.25, 0.3) is 75.1 Å². The first-order chi connectivity index (χ1) is 36.6. The lowest BCUT2D eigenvalue weighted by molar-refractivity contribution is 1.28. The number of nitrogens with zero attached hydrogens (tertiary/aromatic N) is 1. The summed E-state index contributed by atoms with van der Waals surface area (Å²) in [6.07, 6.45) is 0. The smallest absolute Gasteiger partial charge is 0.0651 e. The number of rotatable bonds is 6. The molecule has 0 amide bonds. The zero-order valence-corrected chi connectivity index (χ0v) is 27.2. The second-order valence-electron chi connectivity index (χ2n) is 11.3. The summed E-state index contributed by atoms with van der Waals surface area (Å²) >= 11 is 1.27. The first-order valence-electron chi connectivity index (χ1n) is 28.7. The minimum absolute atomic E-state index is 0.176. The molecule has 0 saturated heterocycles. The van der Waals surface area contributed by atoms with E-state index in [0.29, 0.717) is 15.0 Å². The van der Waals surface area contributed by atoms with Crippen molar-refractivity contribution in [1.29, 1.82) is 0 Å². The molecule has 1 heterocycles. The van der Waals surface area contributed by atoms with Crippen LogP contribution in [0.1, 0.15) is 35.6 Å². The maximum absolute atomic E-state index is 9.97. The fourth-order valence-corrected chi connectivity index (χ4v) is 7.17. The van der Waals surface area contributed by atoms with Crippen LogP contribution in [-0.4, -0.2) is 0 Å². The Morgan fingerprint density at radius 1 is 0.385 bits per heavy atom. The largest absolute Gasteiger partial charge is 0.310 e. The van der Waals surface area contributed by atoms with Gasteiger partial charge in [0.1, 0.15) is 0 Å². The molecule has 0 N–H and O–H groups in total. The Morgan fingerprint density at radius 3 is 1.60 bits per heavy atom. The summed E-state index contributed by atoms with van der Waals surface area (Å²) in [7, 11) is 0. The molecular weight excluding hydrogens is 647 g/mol. The summed E-state index contributed by atoms with van der Waals surface area (Å²) in [4.78, 5) is 0.509. The van der Waals surface area contributed by atoms with Crippen LogP contribution in [0.2, 0.25) is 0 Å². The normalized spacial score (nSPS) is 18.5. The van der Waals surface area contributed by atoms with Crippen LogP contribution in [0.15, 0.2) is 200 Å². The van der Waals surface area contributed by atoms with Gasteiger partial charge in [-0.05, 0) is 97.2 Å². The molecule has 0 fully saturated rings. The molecule has 52 heavy (non-hydrogen) atoms. The summed E-state index contributed by atoms with van der Waals surface area (Å²) < 4.78 is 237. The minimum Gasteiger partial charge on any atom is -0.310 e. The van der Waals surface area contributed by atoms with Crippen molar-refractivity contribution in [2.75, 3.05) is 4.90 Å². The van der Waals surface area contributed by atoms with Gasteiger partial charge < -0.3 is 4.90 Å². The van der Waals surface area contributed by atoms with E-state index in [4.69, 9.17) is 19.2 Å². The first-order valence-corrected chi connectivity index (χ1v) is 16.5. The van der Waals surface area contributed by atoms with Gasteiger partial charge in [-0.2, -0.15) is 0 Å². The van der Waals surface area contributed by atoms with Crippen molar-refractivity contribution in [2.24, 2.45) is 0 Å². The van der Waals surface area contributed by atoms with E-state index < -0.39 is 218 Å². The average Bonchev–Trinajstić information content (AvgIpc) is 3.94. The third-order valence-electron chi connectivity index (χ3n) is 8.30. The Hall–Kier alpha value is -6.48. The minimum atomic E-state index is -1.17. The molecule has 0 radical (unpaired) electrons. The fourth-order valence-electron chi connectivity index (χ4n) is 5.95.